The summed E-state index contributed by atoms with van der Waals surface area (Å²) in [5.74, 6) is -2.06. The van der Waals surface area contributed by atoms with Crippen molar-refractivity contribution >= 4 is 46.6 Å². The zero-order valence-electron chi connectivity index (χ0n) is 9.70. The molecule has 1 aromatic carbocycles. The predicted octanol–water partition coefficient (Wildman–Crippen LogP) is 0.864. The third kappa shape index (κ3) is 4.76. The number of anilines is 1. The quantitative estimate of drug-likeness (QED) is 0.569. The van der Waals surface area contributed by atoms with Gasteiger partial charge in [-0.15, -0.1) is 23.2 Å². The molecule has 1 aromatic rings. The Morgan fingerprint density at radius 3 is 2.21 bits per heavy atom. The van der Waals surface area contributed by atoms with Gasteiger partial charge >= 0.3 is 0 Å². The molecule has 8 heteroatoms. The minimum absolute atomic E-state index is 0.191. The summed E-state index contributed by atoms with van der Waals surface area (Å²) in [5, 5.41) is 2.47. The van der Waals surface area contributed by atoms with Crippen molar-refractivity contribution in [3.05, 3.63) is 29.8 Å². The molecule has 0 unspecified atom stereocenters. The SMILES string of the molecule is O=C(CCl)NNC(=O)c1ccccc1NC(=O)CCl. The van der Waals surface area contributed by atoms with E-state index in [1.54, 1.807) is 18.2 Å². The highest BCUT2D eigenvalue weighted by molar-refractivity contribution is 6.29. The standard InChI is InChI=1S/C11H11Cl2N3O3/c12-5-9(17)14-8-4-2-1-3-7(8)11(19)16-15-10(18)6-13/h1-4H,5-6H2,(H,14,17)(H,15,18)(H,16,19). The lowest BCUT2D eigenvalue weighted by atomic mass is 10.1. The Balaban J connectivity index is 2.78. The molecule has 0 bridgehead atoms. The lowest BCUT2D eigenvalue weighted by Gasteiger charge is -2.10. The zero-order valence-corrected chi connectivity index (χ0v) is 11.2. The second-order valence-corrected chi connectivity index (χ2v) is 3.90. The minimum atomic E-state index is -0.580. The van der Waals surface area contributed by atoms with Gasteiger partial charge in [0, 0.05) is 0 Å². The maximum atomic E-state index is 11.8. The van der Waals surface area contributed by atoms with Crippen molar-refractivity contribution < 1.29 is 14.4 Å². The molecular weight excluding hydrogens is 293 g/mol. The third-order valence-electron chi connectivity index (χ3n) is 2.00. The summed E-state index contributed by atoms with van der Waals surface area (Å²) in [4.78, 5) is 33.9. The van der Waals surface area contributed by atoms with Gasteiger partial charge in [0.15, 0.2) is 0 Å². The fourth-order valence-electron chi connectivity index (χ4n) is 1.20. The molecule has 3 N–H and O–H groups in total. The van der Waals surface area contributed by atoms with Crippen LogP contribution in [0.25, 0.3) is 0 Å². The first-order valence-corrected chi connectivity index (χ1v) is 6.25. The Hall–Kier alpha value is -1.79. The first-order chi connectivity index (χ1) is 9.08. The molecule has 6 nitrogen and oxygen atoms in total. The first kappa shape index (κ1) is 15.3. The summed E-state index contributed by atoms with van der Waals surface area (Å²) in [6.07, 6.45) is 0. The van der Waals surface area contributed by atoms with Crippen molar-refractivity contribution in [2.24, 2.45) is 0 Å². The fourth-order valence-corrected chi connectivity index (χ4v) is 1.33. The van der Waals surface area contributed by atoms with E-state index in [0.717, 1.165) is 0 Å². The summed E-state index contributed by atoms with van der Waals surface area (Å²) in [6.45, 7) is 0. The van der Waals surface area contributed by atoms with Gasteiger partial charge in [-0.3, -0.25) is 25.2 Å². The molecular formula is C11H11Cl2N3O3. The molecule has 0 radical (unpaired) electrons. The number of hydrogen-bond acceptors (Lipinski definition) is 3. The molecule has 0 spiro atoms. The van der Waals surface area contributed by atoms with Gasteiger partial charge in [0.05, 0.1) is 11.3 Å². The number of halogens is 2. The Morgan fingerprint density at radius 2 is 1.58 bits per heavy atom. The van der Waals surface area contributed by atoms with Gasteiger partial charge in [0.1, 0.15) is 11.8 Å². The number of nitrogens with one attached hydrogen (secondary N) is 3. The van der Waals surface area contributed by atoms with Gasteiger partial charge < -0.3 is 5.32 Å². The van der Waals surface area contributed by atoms with E-state index in [-0.39, 0.29) is 17.3 Å². The summed E-state index contributed by atoms with van der Waals surface area (Å²) in [5.41, 5.74) is 4.78. The van der Waals surface area contributed by atoms with Crippen LogP contribution in [0.15, 0.2) is 24.3 Å². The fraction of sp³-hybridized carbons (Fsp3) is 0.182. The number of amides is 3. The molecule has 1 rings (SSSR count). The van der Waals surface area contributed by atoms with Crippen LogP contribution in [-0.2, 0) is 9.59 Å². The first-order valence-electron chi connectivity index (χ1n) is 5.18. The van der Waals surface area contributed by atoms with E-state index >= 15 is 0 Å². The van der Waals surface area contributed by atoms with E-state index in [0.29, 0.717) is 5.69 Å². The molecule has 19 heavy (non-hydrogen) atoms. The lowest BCUT2D eigenvalue weighted by Crippen LogP contribution is -2.42. The summed E-state index contributed by atoms with van der Waals surface area (Å²) in [6, 6.07) is 6.31. The number of hydrazine groups is 1. The van der Waals surface area contributed by atoms with Gasteiger partial charge in [-0.05, 0) is 12.1 Å². The molecule has 0 saturated carbocycles. The maximum absolute atomic E-state index is 11.8. The summed E-state index contributed by atoms with van der Waals surface area (Å²) >= 11 is 10.6. The molecule has 0 aromatic heterocycles. The van der Waals surface area contributed by atoms with Crippen molar-refractivity contribution in [3.63, 3.8) is 0 Å². The third-order valence-corrected chi connectivity index (χ3v) is 2.49. The van der Waals surface area contributed by atoms with Gasteiger partial charge in [0.25, 0.3) is 11.8 Å². The second-order valence-electron chi connectivity index (χ2n) is 3.36. The highest BCUT2D eigenvalue weighted by atomic mass is 35.5. The van der Waals surface area contributed by atoms with Crippen molar-refractivity contribution in [1.29, 1.82) is 0 Å². The second kappa shape index (κ2) is 7.60. The van der Waals surface area contributed by atoms with Gasteiger partial charge in [-0.2, -0.15) is 0 Å². The number of benzene rings is 1. The van der Waals surface area contributed by atoms with E-state index in [1.165, 1.54) is 6.07 Å². The summed E-state index contributed by atoms with van der Waals surface area (Å²) in [7, 11) is 0. The Kier molecular flexibility index (Phi) is 6.11. The number of rotatable bonds is 4. The van der Waals surface area contributed by atoms with Gasteiger partial charge in [-0.25, -0.2) is 0 Å². The number of carbonyl (C=O) groups excluding carboxylic acids is 3. The Morgan fingerprint density at radius 1 is 0.947 bits per heavy atom. The summed E-state index contributed by atoms with van der Waals surface area (Å²) < 4.78 is 0. The Bertz CT molecular complexity index is 494. The van der Waals surface area contributed by atoms with E-state index in [4.69, 9.17) is 23.2 Å². The van der Waals surface area contributed by atoms with Crippen LogP contribution < -0.4 is 16.2 Å². The van der Waals surface area contributed by atoms with E-state index < -0.39 is 17.7 Å². The average Bonchev–Trinajstić information content (AvgIpc) is 2.44. The highest BCUT2D eigenvalue weighted by Gasteiger charge is 2.13. The predicted molar refractivity (Wildman–Crippen MR) is 72.1 cm³/mol. The number of hydrogen-bond donors (Lipinski definition) is 3. The maximum Gasteiger partial charge on any atom is 0.271 e. The number of para-hydroxylation sites is 1. The number of alkyl halides is 2. The van der Waals surface area contributed by atoms with Crippen LogP contribution in [0.3, 0.4) is 0 Å². The van der Waals surface area contributed by atoms with Crippen LogP contribution >= 0.6 is 23.2 Å². The molecule has 0 atom stereocenters. The Labute approximate surface area is 119 Å². The van der Waals surface area contributed by atoms with E-state index in [1.807, 2.05) is 0 Å². The molecule has 0 heterocycles. The van der Waals surface area contributed by atoms with Crippen LogP contribution in [0.2, 0.25) is 0 Å². The monoisotopic (exact) mass is 303 g/mol. The van der Waals surface area contributed by atoms with Crippen molar-refractivity contribution in [2.45, 2.75) is 0 Å². The average molecular weight is 304 g/mol. The molecule has 0 aliphatic heterocycles. The van der Waals surface area contributed by atoms with Crippen LogP contribution in [0.5, 0.6) is 0 Å². The van der Waals surface area contributed by atoms with Crippen LogP contribution in [-0.4, -0.2) is 29.5 Å². The smallest absolute Gasteiger partial charge is 0.271 e. The molecule has 102 valence electrons. The van der Waals surface area contributed by atoms with Crippen molar-refractivity contribution in [2.75, 3.05) is 17.1 Å². The van der Waals surface area contributed by atoms with Crippen LogP contribution in [0, 0.1) is 0 Å². The van der Waals surface area contributed by atoms with Crippen LogP contribution in [0.4, 0.5) is 5.69 Å². The minimum Gasteiger partial charge on any atom is -0.324 e. The van der Waals surface area contributed by atoms with Gasteiger partial charge in [0.2, 0.25) is 5.91 Å². The topological polar surface area (TPSA) is 87.3 Å². The highest BCUT2D eigenvalue weighted by Crippen LogP contribution is 2.14. The molecule has 0 aliphatic rings. The lowest BCUT2D eigenvalue weighted by molar-refractivity contribution is -0.119. The van der Waals surface area contributed by atoms with Crippen LogP contribution in [0.1, 0.15) is 10.4 Å². The molecule has 3 amide bonds. The van der Waals surface area contributed by atoms with E-state index in [9.17, 15) is 14.4 Å². The van der Waals surface area contributed by atoms with Crippen molar-refractivity contribution in [1.82, 2.24) is 10.9 Å². The van der Waals surface area contributed by atoms with Crippen molar-refractivity contribution in [3.8, 4) is 0 Å². The zero-order chi connectivity index (χ0) is 14.3. The normalized spacial score (nSPS) is 9.58. The molecule has 0 saturated heterocycles. The largest absolute Gasteiger partial charge is 0.324 e. The molecule has 0 aliphatic carbocycles. The van der Waals surface area contributed by atoms with E-state index in [2.05, 4.69) is 16.2 Å². The van der Waals surface area contributed by atoms with Gasteiger partial charge in [-0.1, -0.05) is 12.1 Å². The number of carbonyl (C=O) groups is 3. The molecule has 0 fully saturated rings.